The first-order valence-electron chi connectivity index (χ1n) is 4.23. The van der Waals surface area contributed by atoms with Crippen molar-refractivity contribution in [3.63, 3.8) is 0 Å². The van der Waals surface area contributed by atoms with Gasteiger partial charge in [0.1, 0.15) is 0 Å². The predicted octanol–water partition coefficient (Wildman–Crippen LogP) is 3.54. The molecule has 3 heteroatoms. The van der Waals surface area contributed by atoms with Crippen LogP contribution < -0.4 is 0 Å². The number of rotatable bonds is 1. The van der Waals surface area contributed by atoms with Crippen LogP contribution in [0.25, 0.3) is 0 Å². The molecule has 0 bridgehead atoms. The monoisotopic (exact) mass is 178 g/mol. The van der Waals surface area contributed by atoms with Crippen LogP contribution in [0.1, 0.15) is 26.2 Å². The average Bonchev–Trinajstić information content (AvgIpc) is 2.03. The van der Waals surface area contributed by atoms with Crippen LogP contribution in [0.5, 0.6) is 0 Å². The summed E-state index contributed by atoms with van der Waals surface area (Å²) in [5, 5.41) is 0. The van der Waals surface area contributed by atoms with Crippen molar-refractivity contribution in [1.29, 1.82) is 0 Å². The van der Waals surface area contributed by atoms with Crippen molar-refractivity contribution in [3.8, 4) is 0 Å². The average molecular weight is 178 g/mol. The fourth-order valence-electron chi connectivity index (χ4n) is 1.54. The molecule has 0 aromatic carbocycles. The Kier molecular flexibility index (Phi) is 2.80. The molecular formula is C9H13F3. The van der Waals surface area contributed by atoms with Crippen molar-refractivity contribution in [2.45, 2.75) is 32.4 Å². The molecule has 0 saturated heterocycles. The molecule has 0 N–H and O–H groups in total. The molecule has 1 aliphatic rings. The summed E-state index contributed by atoms with van der Waals surface area (Å²) in [6, 6.07) is 0. The van der Waals surface area contributed by atoms with Gasteiger partial charge in [0.05, 0.1) is 5.92 Å². The molecule has 0 saturated carbocycles. The van der Waals surface area contributed by atoms with Gasteiger partial charge in [-0.05, 0) is 25.2 Å². The van der Waals surface area contributed by atoms with E-state index in [-0.39, 0.29) is 5.92 Å². The third-order valence-corrected chi connectivity index (χ3v) is 2.53. The third kappa shape index (κ3) is 2.26. The molecule has 1 rings (SSSR count). The SMILES string of the molecule is C[C@@H]([C@H]1CC=CCC1)C(F)(F)F. The molecular weight excluding hydrogens is 165 g/mol. The Morgan fingerprint density at radius 3 is 2.42 bits per heavy atom. The fraction of sp³-hybridized carbons (Fsp3) is 0.778. The Hall–Kier alpha value is -0.470. The van der Waals surface area contributed by atoms with Crippen LogP contribution >= 0.6 is 0 Å². The number of hydrogen-bond acceptors (Lipinski definition) is 0. The van der Waals surface area contributed by atoms with Gasteiger partial charge in [-0.2, -0.15) is 13.2 Å². The Morgan fingerprint density at radius 1 is 1.33 bits per heavy atom. The summed E-state index contributed by atoms with van der Waals surface area (Å²) in [6.45, 7) is 1.28. The quantitative estimate of drug-likeness (QED) is 0.539. The Labute approximate surface area is 70.5 Å². The molecule has 0 fully saturated rings. The molecule has 0 nitrogen and oxygen atoms in total. The van der Waals surface area contributed by atoms with Crippen LogP contribution in [0.15, 0.2) is 12.2 Å². The summed E-state index contributed by atoms with van der Waals surface area (Å²) in [7, 11) is 0. The molecule has 1 aliphatic carbocycles. The molecule has 0 aromatic heterocycles. The van der Waals surface area contributed by atoms with E-state index >= 15 is 0 Å². The van der Waals surface area contributed by atoms with Gasteiger partial charge in [0.2, 0.25) is 0 Å². The van der Waals surface area contributed by atoms with Crippen molar-refractivity contribution in [2.75, 3.05) is 0 Å². The topological polar surface area (TPSA) is 0 Å². The maximum absolute atomic E-state index is 12.2. The van der Waals surface area contributed by atoms with Gasteiger partial charge < -0.3 is 0 Å². The maximum Gasteiger partial charge on any atom is 0.391 e. The van der Waals surface area contributed by atoms with Crippen molar-refractivity contribution in [2.24, 2.45) is 11.8 Å². The summed E-state index contributed by atoms with van der Waals surface area (Å²) in [6.07, 6.45) is 1.86. The minimum absolute atomic E-state index is 0.199. The van der Waals surface area contributed by atoms with Crippen molar-refractivity contribution in [3.05, 3.63) is 12.2 Å². The molecule has 2 atom stereocenters. The standard InChI is InChI=1S/C9H13F3/c1-7(9(10,11)12)8-5-3-2-4-6-8/h2-3,7-8H,4-6H2,1H3/t7-,8-/m0/s1. The zero-order valence-electron chi connectivity index (χ0n) is 7.06. The van der Waals surface area contributed by atoms with Gasteiger partial charge in [0.15, 0.2) is 0 Å². The minimum Gasteiger partial charge on any atom is -0.171 e. The van der Waals surface area contributed by atoms with Gasteiger partial charge in [-0.3, -0.25) is 0 Å². The van der Waals surface area contributed by atoms with Crippen LogP contribution in [0.2, 0.25) is 0 Å². The van der Waals surface area contributed by atoms with Crippen LogP contribution in [-0.4, -0.2) is 6.18 Å². The summed E-state index contributed by atoms with van der Waals surface area (Å²) in [4.78, 5) is 0. The summed E-state index contributed by atoms with van der Waals surface area (Å²) in [5.74, 6) is -1.35. The second-order valence-electron chi connectivity index (χ2n) is 3.37. The van der Waals surface area contributed by atoms with E-state index in [1.807, 2.05) is 12.2 Å². The van der Waals surface area contributed by atoms with Gasteiger partial charge >= 0.3 is 6.18 Å². The van der Waals surface area contributed by atoms with Gasteiger partial charge in [-0.15, -0.1) is 0 Å². The highest BCUT2D eigenvalue weighted by Gasteiger charge is 2.40. The first-order chi connectivity index (χ1) is 5.52. The van der Waals surface area contributed by atoms with E-state index in [2.05, 4.69) is 0 Å². The van der Waals surface area contributed by atoms with Crippen LogP contribution in [0.3, 0.4) is 0 Å². The van der Waals surface area contributed by atoms with Crippen LogP contribution in [0.4, 0.5) is 13.2 Å². The smallest absolute Gasteiger partial charge is 0.171 e. The fourth-order valence-corrected chi connectivity index (χ4v) is 1.54. The summed E-state index contributed by atoms with van der Waals surface area (Å²) >= 11 is 0. The van der Waals surface area contributed by atoms with Crippen LogP contribution in [0, 0.1) is 11.8 Å². The summed E-state index contributed by atoms with van der Waals surface area (Å²) in [5.41, 5.74) is 0. The Morgan fingerprint density at radius 2 is 2.00 bits per heavy atom. The maximum atomic E-state index is 12.2. The number of halogens is 3. The molecule has 0 radical (unpaired) electrons. The lowest BCUT2D eigenvalue weighted by Crippen LogP contribution is -2.28. The van der Waals surface area contributed by atoms with Gasteiger partial charge in [-0.25, -0.2) is 0 Å². The highest BCUT2D eigenvalue weighted by molar-refractivity contribution is 4.92. The largest absolute Gasteiger partial charge is 0.391 e. The molecule has 12 heavy (non-hydrogen) atoms. The van der Waals surface area contributed by atoms with E-state index < -0.39 is 12.1 Å². The third-order valence-electron chi connectivity index (χ3n) is 2.53. The zero-order valence-corrected chi connectivity index (χ0v) is 7.06. The second-order valence-corrected chi connectivity index (χ2v) is 3.37. The van der Waals surface area contributed by atoms with E-state index in [0.717, 1.165) is 6.42 Å². The van der Waals surface area contributed by atoms with E-state index in [1.165, 1.54) is 6.92 Å². The lowest BCUT2D eigenvalue weighted by atomic mass is 9.84. The van der Waals surface area contributed by atoms with E-state index in [9.17, 15) is 13.2 Å². The molecule has 0 unspecified atom stereocenters. The number of alkyl halides is 3. The molecule has 0 spiro atoms. The van der Waals surface area contributed by atoms with E-state index in [1.54, 1.807) is 0 Å². The Bertz CT molecular complexity index is 169. The lowest BCUT2D eigenvalue weighted by Gasteiger charge is -2.26. The van der Waals surface area contributed by atoms with Crippen molar-refractivity contribution in [1.82, 2.24) is 0 Å². The molecule has 0 amide bonds. The first kappa shape index (κ1) is 9.62. The molecule has 70 valence electrons. The molecule has 0 aliphatic heterocycles. The second kappa shape index (κ2) is 3.50. The lowest BCUT2D eigenvalue weighted by molar-refractivity contribution is -0.184. The van der Waals surface area contributed by atoms with Crippen molar-refractivity contribution >= 4 is 0 Å². The molecule has 0 heterocycles. The number of allylic oxidation sites excluding steroid dienone is 2. The summed E-state index contributed by atoms with van der Waals surface area (Å²) < 4.78 is 36.6. The van der Waals surface area contributed by atoms with E-state index in [0.29, 0.717) is 12.8 Å². The van der Waals surface area contributed by atoms with Crippen LogP contribution in [-0.2, 0) is 0 Å². The van der Waals surface area contributed by atoms with Gasteiger partial charge in [0.25, 0.3) is 0 Å². The van der Waals surface area contributed by atoms with E-state index in [4.69, 9.17) is 0 Å². The Balaban J connectivity index is 2.52. The zero-order chi connectivity index (χ0) is 9.19. The highest BCUT2D eigenvalue weighted by Crippen LogP contribution is 2.37. The van der Waals surface area contributed by atoms with Gasteiger partial charge in [0, 0.05) is 0 Å². The first-order valence-corrected chi connectivity index (χ1v) is 4.23. The predicted molar refractivity (Wildman–Crippen MR) is 41.7 cm³/mol. The molecule has 0 aromatic rings. The van der Waals surface area contributed by atoms with Crippen molar-refractivity contribution < 1.29 is 13.2 Å². The normalized spacial score (nSPS) is 27.2. The minimum atomic E-state index is -4.02. The number of hydrogen-bond donors (Lipinski definition) is 0. The highest BCUT2D eigenvalue weighted by atomic mass is 19.4. The van der Waals surface area contributed by atoms with Gasteiger partial charge in [-0.1, -0.05) is 19.1 Å².